The van der Waals surface area contributed by atoms with Crippen molar-refractivity contribution in [1.82, 2.24) is 9.80 Å². The van der Waals surface area contributed by atoms with Crippen LogP contribution in [0.3, 0.4) is 0 Å². The monoisotopic (exact) mass is 642 g/mol. The standard InChI is InChI=1S/C33H50N2O4.C2H4O.2C2H6/c1-7-16-28-23-27(3)18-19-30(28)29-24-35(21-14-12-10-9-11-13-20-34(4)5)31(8-2)32(39-25-29)17-15-22-38-26-33(36)37-6;1-2-3;2*1-2/h8-9,11,15,17-19,23,29H,2,7,10,12-14,16,20-22,24-26H2,1,3-6H3;2H,1H3;2*1-2H3/b11-9+,17-15-;;;. The van der Waals surface area contributed by atoms with E-state index in [1.54, 1.807) is 0 Å². The third-order valence-corrected chi connectivity index (χ3v) is 6.81. The summed E-state index contributed by atoms with van der Waals surface area (Å²) in [5, 5.41) is 0. The van der Waals surface area contributed by atoms with E-state index in [1.165, 1.54) is 30.7 Å². The fourth-order valence-electron chi connectivity index (χ4n) is 4.78. The molecule has 0 fully saturated rings. The maximum Gasteiger partial charge on any atom is 0.331 e. The van der Waals surface area contributed by atoms with Crippen molar-refractivity contribution < 1.29 is 23.8 Å². The molecule has 0 amide bonds. The van der Waals surface area contributed by atoms with E-state index >= 15 is 0 Å². The number of methoxy groups -OCH3 is 1. The molecular formula is C39H66N2O5. The fourth-order valence-corrected chi connectivity index (χ4v) is 4.78. The Balaban J connectivity index is 0. The number of allylic oxidation sites excluding steroid dienone is 3. The van der Waals surface area contributed by atoms with E-state index in [2.05, 4.69) is 79.4 Å². The van der Waals surface area contributed by atoms with Crippen LogP contribution < -0.4 is 0 Å². The molecule has 46 heavy (non-hydrogen) atoms. The number of esters is 1. The average molecular weight is 643 g/mol. The molecule has 0 radical (unpaired) electrons. The SMILES string of the molecule is C=CC1=C(/C=C\COCC(=O)OC)OCC(c2ccc(C)cc2CCC)CN1CCCC/C=C/CCN(C)C.CC.CC.CC=O. The molecular weight excluding hydrogens is 576 g/mol. The van der Waals surface area contributed by atoms with Crippen LogP contribution in [0.25, 0.3) is 0 Å². The maximum absolute atomic E-state index is 11.3. The number of aryl methyl sites for hydroxylation is 2. The first kappa shape index (κ1) is 45.0. The number of aldehydes is 1. The van der Waals surface area contributed by atoms with Gasteiger partial charge in [0.25, 0.3) is 0 Å². The fraction of sp³-hybridized carbons (Fsp3) is 0.590. The van der Waals surface area contributed by atoms with Crippen LogP contribution in [0.4, 0.5) is 0 Å². The number of rotatable bonds is 17. The molecule has 1 atom stereocenters. The number of carbonyl (C=O) groups excluding carboxylic acids is 2. The van der Waals surface area contributed by atoms with Gasteiger partial charge in [-0.05, 0) is 83.3 Å². The lowest BCUT2D eigenvalue weighted by molar-refractivity contribution is -0.145. The predicted octanol–water partition coefficient (Wildman–Crippen LogP) is 8.44. The molecule has 0 saturated carbocycles. The van der Waals surface area contributed by atoms with Gasteiger partial charge in [0.05, 0.1) is 26.0 Å². The van der Waals surface area contributed by atoms with E-state index in [0.717, 1.165) is 75.9 Å². The predicted molar refractivity (Wildman–Crippen MR) is 195 cm³/mol. The van der Waals surface area contributed by atoms with Crippen LogP contribution in [0.2, 0.25) is 0 Å². The van der Waals surface area contributed by atoms with Gasteiger partial charge >= 0.3 is 5.97 Å². The topological polar surface area (TPSA) is 68.3 Å². The van der Waals surface area contributed by atoms with Crippen LogP contribution in [-0.2, 0) is 30.2 Å². The number of nitrogens with zero attached hydrogens (tertiary/aromatic N) is 2. The van der Waals surface area contributed by atoms with Gasteiger partial charge in [-0.3, -0.25) is 0 Å². The number of hydrogen-bond donors (Lipinski definition) is 0. The molecule has 262 valence electrons. The Morgan fingerprint density at radius 1 is 1.11 bits per heavy atom. The Bertz CT molecular complexity index is 1030. The van der Waals surface area contributed by atoms with Crippen molar-refractivity contribution in [3.8, 4) is 0 Å². The minimum atomic E-state index is -0.386. The highest BCUT2D eigenvalue weighted by Crippen LogP contribution is 2.31. The Morgan fingerprint density at radius 3 is 2.39 bits per heavy atom. The van der Waals surface area contributed by atoms with Gasteiger partial charge in [-0.25, -0.2) is 4.79 Å². The average Bonchev–Trinajstić information content (AvgIpc) is 3.23. The van der Waals surface area contributed by atoms with Crippen LogP contribution in [0.1, 0.15) is 96.3 Å². The molecule has 1 aliphatic rings. The van der Waals surface area contributed by atoms with Crippen LogP contribution >= 0.6 is 0 Å². The Kier molecular flexibility index (Phi) is 29.8. The Hall–Kier alpha value is -3.16. The van der Waals surface area contributed by atoms with Gasteiger partial charge in [0.15, 0.2) is 0 Å². The highest BCUT2D eigenvalue weighted by atomic mass is 16.6. The van der Waals surface area contributed by atoms with E-state index in [0.29, 0.717) is 13.2 Å². The van der Waals surface area contributed by atoms with Crippen LogP contribution in [0.15, 0.2) is 66.6 Å². The zero-order valence-electron chi connectivity index (χ0n) is 30.9. The number of benzene rings is 1. The third-order valence-electron chi connectivity index (χ3n) is 6.81. The zero-order chi connectivity index (χ0) is 35.2. The van der Waals surface area contributed by atoms with Gasteiger partial charge in [0.2, 0.25) is 0 Å². The smallest absolute Gasteiger partial charge is 0.331 e. The molecule has 0 saturated heterocycles. The largest absolute Gasteiger partial charge is 0.491 e. The lowest BCUT2D eigenvalue weighted by atomic mass is 9.90. The first-order valence-corrected chi connectivity index (χ1v) is 17.2. The van der Waals surface area contributed by atoms with Gasteiger partial charge in [0.1, 0.15) is 18.7 Å². The van der Waals surface area contributed by atoms with Gasteiger partial charge < -0.3 is 28.8 Å². The van der Waals surface area contributed by atoms with Gasteiger partial charge in [-0.1, -0.05) is 89.6 Å². The second kappa shape index (κ2) is 30.5. The molecule has 0 aromatic heterocycles. The number of unbranched alkanes of at least 4 members (excludes halogenated alkanes) is 2. The molecule has 1 heterocycles. The summed E-state index contributed by atoms with van der Waals surface area (Å²) in [5.41, 5.74) is 5.11. The first-order chi connectivity index (χ1) is 22.3. The highest BCUT2D eigenvalue weighted by molar-refractivity contribution is 5.70. The summed E-state index contributed by atoms with van der Waals surface area (Å²) in [6.45, 7) is 21.7. The summed E-state index contributed by atoms with van der Waals surface area (Å²) in [7, 11) is 5.57. The van der Waals surface area contributed by atoms with Crippen molar-refractivity contribution in [2.45, 2.75) is 92.9 Å². The number of hydrogen-bond acceptors (Lipinski definition) is 7. The van der Waals surface area contributed by atoms with Crippen molar-refractivity contribution in [2.24, 2.45) is 0 Å². The van der Waals surface area contributed by atoms with Crippen molar-refractivity contribution >= 4 is 12.3 Å². The Morgan fingerprint density at radius 2 is 1.78 bits per heavy atom. The molecule has 2 rings (SSSR count). The van der Waals surface area contributed by atoms with Crippen molar-refractivity contribution in [2.75, 3.05) is 60.7 Å². The molecule has 1 unspecified atom stereocenters. The van der Waals surface area contributed by atoms with E-state index in [9.17, 15) is 4.79 Å². The zero-order valence-corrected chi connectivity index (χ0v) is 30.9. The summed E-state index contributed by atoms with van der Waals surface area (Å²) < 4.78 is 16.5. The summed E-state index contributed by atoms with van der Waals surface area (Å²) in [5.74, 6) is 0.666. The van der Waals surface area contributed by atoms with Crippen LogP contribution in [0, 0.1) is 6.92 Å². The molecule has 0 aliphatic carbocycles. The van der Waals surface area contributed by atoms with Gasteiger partial charge in [0, 0.05) is 25.6 Å². The lowest BCUT2D eigenvalue weighted by Crippen LogP contribution is -2.29. The van der Waals surface area contributed by atoms with E-state index < -0.39 is 0 Å². The van der Waals surface area contributed by atoms with Crippen molar-refractivity contribution in [3.05, 3.63) is 83.3 Å². The summed E-state index contributed by atoms with van der Waals surface area (Å²) in [6.07, 6.45) is 17.7. The number of carbonyl (C=O) groups is 2. The van der Waals surface area contributed by atoms with Crippen LogP contribution in [-0.4, -0.2) is 82.7 Å². The summed E-state index contributed by atoms with van der Waals surface area (Å²) in [4.78, 5) is 24.8. The summed E-state index contributed by atoms with van der Waals surface area (Å²) in [6, 6.07) is 6.84. The molecule has 7 heteroatoms. The summed E-state index contributed by atoms with van der Waals surface area (Å²) >= 11 is 0. The van der Waals surface area contributed by atoms with E-state index in [1.807, 2.05) is 45.9 Å². The Labute approximate surface area is 282 Å². The normalized spacial score (nSPS) is 14.3. The maximum atomic E-state index is 11.3. The lowest BCUT2D eigenvalue weighted by Gasteiger charge is -2.28. The first-order valence-electron chi connectivity index (χ1n) is 17.2. The highest BCUT2D eigenvalue weighted by Gasteiger charge is 2.25. The minimum Gasteiger partial charge on any atom is -0.491 e. The molecule has 0 bridgehead atoms. The van der Waals surface area contributed by atoms with E-state index in [4.69, 9.17) is 14.3 Å². The van der Waals surface area contributed by atoms with E-state index in [-0.39, 0.29) is 18.5 Å². The van der Waals surface area contributed by atoms with Crippen LogP contribution in [0.5, 0.6) is 0 Å². The molecule has 1 aromatic rings. The van der Waals surface area contributed by atoms with Crippen molar-refractivity contribution in [3.63, 3.8) is 0 Å². The van der Waals surface area contributed by atoms with Gasteiger partial charge in [-0.15, -0.1) is 0 Å². The molecule has 1 aromatic carbocycles. The second-order valence-corrected chi connectivity index (χ2v) is 10.6. The third kappa shape index (κ3) is 20.1. The second-order valence-electron chi connectivity index (χ2n) is 10.6. The number of ether oxygens (including phenoxy) is 3. The minimum absolute atomic E-state index is 0.0690. The van der Waals surface area contributed by atoms with Crippen molar-refractivity contribution in [1.29, 1.82) is 0 Å². The molecule has 0 spiro atoms. The molecule has 0 N–H and O–H groups in total. The molecule has 1 aliphatic heterocycles. The molecule has 7 nitrogen and oxygen atoms in total. The quantitative estimate of drug-likeness (QED) is 0.0731. The van der Waals surface area contributed by atoms with Gasteiger partial charge in [-0.2, -0.15) is 0 Å².